The number of hydrazone groups is 1. The van der Waals surface area contributed by atoms with Crippen molar-refractivity contribution in [1.29, 1.82) is 0 Å². The van der Waals surface area contributed by atoms with Gasteiger partial charge >= 0.3 is 0 Å². The van der Waals surface area contributed by atoms with E-state index in [4.69, 9.17) is 14.6 Å². The summed E-state index contributed by atoms with van der Waals surface area (Å²) in [7, 11) is 1.63. The Morgan fingerprint density at radius 3 is 2.63 bits per heavy atom. The summed E-state index contributed by atoms with van der Waals surface area (Å²) in [4.78, 5) is 0. The molecule has 0 fully saturated rings. The van der Waals surface area contributed by atoms with Gasteiger partial charge in [0.2, 0.25) is 6.23 Å². The van der Waals surface area contributed by atoms with Gasteiger partial charge < -0.3 is 19.7 Å². The molecule has 3 aromatic carbocycles. The molecular weight excluding hydrogens is 380 g/mol. The van der Waals surface area contributed by atoms with E-state index in [-0.39, 0.29) is 17.5 Å². The van der Waals surface area contributed by atoms with Crippen molar-refractivity contribution in [2.75, 3.05) is 7.11 Å². The Balaban J connectivity index is 1.64. The Morgan fingerprint density at radius 2 is 1.87 bits per heavy atom. The van der Waals surface area contributed by atoms with Crippen LogP contribution in [0.2, 0.25) is 0 Å². The maximum absolute atomic E-state index is 10.4. The van der Waals surface area contributed by atoms with Gasteiger partial charge in [-0.2, -0.15) is 5.10 Å². The number of nitrogens with zero attached hydrogens (tertiary/aromatic N) is 2. The van der Waals surface area contributed by atoms with E-state index in [1.807, 2.05) is 54.4 Å². The van der Waals surface area contributed by atoms with E-state index in [1.54, 1.807) is 25.3 Å². The van der Waals surface area contributed by atoms with Gasteiger partial charge in [-0.3, -0.25) is 0 Å². The molecule has 152 valence electrons. The summed E-state index contributed by atoms with van der Waals surface area (Å²) in [5.41, 5.74) is 4.47. The van der Waals surface area contributed by atoms with Crippen LogP contribution in [0.3, 0.4) is 0 Å². The first kappa shape index (κ1) is 18.4. The predicted molar refractivity (Wildman–Crippen MR) is 113 cm³/mol. The molecule has 0 amide bonds. The van der Waals surface area contributed by atoms with Gasteiger partial charge in [-0.15, -0.1) is 0 Å². The van der Waals surface area contributed by atoms with E-state index in [0.29, 0.717) is 17.9 Å². The second-order valence-electron chi connectivity index (χ2n) is 7.61. The van der Waals surface area contributed by atoms with Gasteiger partial charge in [0.05, 0.1) is 18.9 Å². The van der Waals surface area contributed by atoms with Gasteiger partial charge in [-0.25, -0.2) is 5.01 Å². The van der Waals surface area contributed by atoms with Crippen LogP contribution in [0.25, 0.3) is 0 Å². The SMILES string of the molecule is COc1cccc2c1O[C@@H](c1ccc(O)cc1)N1N=C(c3cc(C)ccc3O)C[C@@H]21. The van der Waals surface area contributed by atoms with Crippen LogP contribution in [0.15, 0.2) is 65.8 Å². The van der Waals surface area contributed by atoms with Crippen LogP contribution in [0.4, 0.5) is 0 Å². The molecule has 30 heavy (non-hydrogen) atoms. The first-order valence-electron chi connectivity index (χ1n) is 9.83. The molecule has 0 saturated heterocycles. The number of fused-ring (bicyclic) bond motifs is 3. The Kier molecular flexibility index (Phi) is 4.28. The van der Waals surface area contributed by atoms with Gasteiger partial charge in [-0.1, -0.05) is 23.8 Å². The van der Waals surface area contributed by atoms with Crippen LogP contribution < -0.4 is 9.47 Å². The highest BCUT2D eigenvalue weighted by Gasteiger charge is 2.42. The standard InChI is InChI=1S/C24H22N2O4/c1-14-6-11-21(28)18(12-14)19-13-20-17-4-3-5-22(29-2)23(17)30-24(26(20)25-19)15-7-9-16(27)10-8-15/h3-12,20,24,27-28H,13H2,1-2H3/t20-,24-/m0/s1. The number of rotatable bonds is 3. The lowest BCUT2D eigenvalue weighted by atomic mass is 9.94. The third kappa shape index (κ3) is 2.92. The minimum absolute atomic E-state index is 0.0578. The maximum atomic E-state index is 10.4. The highest BCUT2D eigenvalue weighted by molar-refractivity contribution is 6.04. The fourth-order valence-corrected chi connectivity index (χ4v) is 4.15. The molecule has 0 unspecified atom stereocenters. The number of benzene rings is 3. The maximum Gasteiger partial charge on any atom is 0.214 e. The number of aryl methyl sites for hydroxylation is 1. The van der Waals surface area contributed by atoms with Gasteiger partial charge in [-0.05, 0) is 49.4 Å². The highest BCUT2D eigenvalue weighted by Crippen LogP contribution is 2.51. The molecule has 5 rings (SSSR count). The third-order valence-corrected chi connectivity index (χ3v) is 5.64. The Morgan fingerprint density at radius 1 is 1.07 bits per heavy atom. The van der Waals surface area contributed by atoms with Gasteiger partial charge in [0.15, 0.2) is 11.5 Å². The fourth-order valence-electron chi connectivity index (χ4n) is 4.15. The smallest absolute Gasteiger partial charge is 0.214 e. The Hall–Kier alpha value is -3.67. The lowest BCUT2D eigenvalue weighted by Crippen LogP contribution is -2.33. The second-order valence-corrected chi connectivity index (χ2v) is 7.61. The molecule has 0 bridgehead atoms. The summed E-state index contributed by atoms with van der Waals surface area (Å²) in [5, 5.41) is 27.0. The van der Waals surface area contributed by atoms with Crippen LogP contribution in [-0.2, 0) is 0 Å². The number of aromatic hydroxyl groups is 2. The second kappa shape index (κ2) is 6.99. The first-order valence-corrected chi connectivity index (χ1v) is 9.83. The van der Waals surface area contributed by atoms with Crippen molar-refractivity contribution >= 4 is 5.71 Å². The molecule has 6 heteroatoms. The number of methoxy groups -OCH3 is 1. The molecule has 3 aromatic rings. The summed E-state index contributed by atoms with van der Waals surface area (Å²) in [5.74, 6) is 1.78. The molecule has 0 spiro atoms. The summed E-state index contributed by atoms with van der Waals surface area (Å²) >= 11 is 0. The lowest BCUT2D eigenvalue weighted by Gasteiger charge is -2.38. The van der Waals surface area contributed by atoms with Gasteiger partial charge in [0, 0.05) is 23.1 Å². The molecule has 0 aliphatic carbocycles. The van der Waals surface area contributed by atoms with E-state index in [9.17, 15) is 10.2 Å². The van der Waals surface area contributed by atoms with Crippen LogP contribution in [-0.4, -0.2) is 28.0 Å². The zero-order chi connectivity index (χ0) is 20.8. The van der Waals surface area contributed by atoms with E-state index in [2.05, 4.69) is 0 Å². The van der Waals surface area contributed by atoms with Gasteiger partial charge in [0.25, 0.3) is 0 Å². The van der Waals surface area contributed by atoms with Crippen molar-refractivity contribution in [3.05, 3.63) is 82.9 Å². The van der Waals surface area contributed by atoms with Crippen molar-refractivity contribution in [1.82, 2.24) is 5.01 Å². The Bertz CT molecular complexity index is 1140. The van der Waals surface area contributed by atoms with Crippen LogP contribution in [0, 0.1) is 6.92 Å². The third-order valence-electron chi connectivity index (χ3n) is 5.64. The van der Waals surface area contributed by atoms with E-state index >= 15 is 0 Å². The highest BCUT2D eigenvalue weighted by atomic mass is 16.5. The molecule has 2 N–H and O–H groups in total. The van der Waals surface area contributed by atoms with E-state index < -0.39 is 6.23 Å². The summed E-state index contributed by atoms with van der Waals surface area (Å²) < 4.78 is 11.9. The summed E-state index contributed by atoms with van der Waals surface area (Å²) in [6, 6.07) is 18.3. The number of ether oxygens (including phenoxy) is 2. The molecule has 2 heterocycles. The zero-order valence-electron chi connectivity index (χ0n) is 16.7. The monoisotopic (exact) mass is 402 g/mol. The molecule has 0 saturated carbocycles. The number of hydrogen-bond donors (Lipinski definition) is 2. The zero-order valence-corrected chi connectivity index (χ0v) is 16.7. The molecule has 2 aliphatic heterocycles. The van der Waals surface area contributed by atoms with E-state index in [0.717, 1.165) is 28.0 Å². The molecule has 2 atom stereocenters. The minimum Gasteiger partial charge on any atom is -0.508 e. The Labute approximate surface area is 174 Å². The quantitative estimate of drug-likeness (QED) is 0.667. The number of hydrogen-bond acceptors (Lipinski definition) is 6. The van der Waals surface area contributed by atoms with Crippen molar-refractivity contribution in [2.45, 2.75) is 25.6 Å². The fraction of sp³-hybridized carbons (Fsp3) is 0.208. The van der Waals surface area contributed by atoms with Crippen LogP contribution in [0.5, 0.6) is 23.0 Å². The minimum atomic E-state index is -0.483. The summed E-state index contributed by atoms with van der Waals surface area (Å²) in [6.45, 7) is 1.99. The topological polar surface area (TPSA) is 74.5 Å². The van der Waals surface area contributed by atoms with E-state index in [1.165, 1.54) is 0 Å². The number of para-hydroxylation sites is 1. The lowest BCUT2D eigenvalue weighted by molar-refractivity contribution is -0.0209. The molecule has 6 nitrogen and oxygen atoms in total. The van der Waals surface area contributed by atoms with Crippen molar-refractivity contribution in [3.63, 3.8) is 0 Å². The number of phenolic OH excluding ortho intramolecular Hbond substituents is 2. The number of phenols is 2. The van der Waals surface area contributed by atoms with Crippen LogP contribution in [0.1, 0.15) is 40.9 Å². The van der Waals surface area contributed by atoms with Gasteiger partial charge in [0.1, 0.15) is 11.5 Å². The largest absolute Gasteiger partial charge is 0.508 e. The average Bonchev–Trinajstić information content (AvgIpc) is 3.20. The van der Waals surface area contributed by atoms with Crippen molar-refractivity contribution in [2.24, 2.45) is 5.10 Å². The molecule has 2 aliphatic rings. The molecule has 0 radical (unpaired) electrons. The van der Waals surface area contributed by atoms with Crippen LogP contribution >= 0.6 is 0 Å². The first-order chi connectivity index (χ1) is 14.5. The van der Waals surface area contributed by atoms with Crippen molar-refractivity contribution in [3.8, 4) is 23.0 Å². The molecule has 0 aromatic heterocycles. The molecular formula is C24H22N2O4. The predicted octanol–water partition coefficient (Wildman–Crippen LogP) is 4.66. The van der Waals surface area contributed by atoms with Crippen molar-refractivity contribution < 1.29 is 19.7 Å². The average molecular weight is 402 g/mol. The summed E-state index contributed by atoms with van der Waals surface area (Å²) in [6.07, 6.45) is 0.152. The normalized spacial score (nSPS) is 19.5.